The van der Waals surface area contributed by atoms with Crippen molar-refractivity contribution in [2.75, 3.05) is 40.0 Å². The molecule has 5 nitrogen and oxygen atoms in total. The average Bonchev–Trinajstić information content (AvgIpc) is 2.32. The molecule has 18 heavy (non-hydrogen) atoms. The molecule has 5 heteroatoms. The maximum Gasteiger partial charge on any atom is 0.138 e. The number of carbonyl (C=O) groups is 1. The molecule has 0 aliphatic carbocycles. The third-order valence-electron chi connectivity index (χ3n) is 3.20. The standard InChI is InChI=1S/C13H25NO4/c1-10-6-14(5-4-13(10)16)7-12(15)9-18-11(2)8-17-3/h10-12,15H,4-9H2,1-3H3. The number of hydrogen-bond donors (Lipinski definition) is 1. The van der Waals surface area contributed by atoms with Crippen molar-refractivity contribution in [2.24, 2.45) is 5.92 Å². The molecule has 1 aliphatic rings. The van der Waals surface area contributed by atoms with Crippen LogP contribution in [0.25, 0.3) is 0 Å². The zero-order valence-corrected chi connectivity index (χ0v) is 11.6. The number of hydrogen-bond acceptors (Lipinski definition) is 5. The summed E-state index contributed by atoms with van der Waals surface area (Å²) in [6.07, 6.45) is 0.0747. The largest absolute Gasteiger partial charge is 0.389 e. The lowest BCUT2D eigenvalue weighted by Crippen LogP contribution is -2.44. The van der Waals surface area contributed by atoms with Crippen LogP contribution in [0.3, 0.4) is 0 Å². The van der Waals surface area contributed by atoms with Gasteiger partial charge in [0.25, 0.3) is 0 Å². The molecule has 3 atom stereocenters. The number of likely N-dealkylation sites (tertiary alicyclic amines) is 1. The van der Waals surface area contributed by atoms with Gasteiger partial charge in [-0.05, 0) is 6.92 Å². The van der Waals surface area contributed by atoms with Crippen LogP contribution in [0, 0.1) is 5.92 Å². The molecule has 1 N–H and O–H groups in total. The Morgan fingerprint density at radius 1 is 1.50 bits per heavy atom. The van der Waals surface area contributed by atoms with Gasteiger partial charge in [-0.25, -0.2) is 0 Å². The zero-order chi connectivity index (χ0) is 13.5. The van der Waals surface area contributed by atoms with E-state index in [0.717, 1.165) is 13.1 Å². The fraction of sp³-hybridized carbons (Fsp3) is 0.923. The van der Waals surface area contributed by atoms with Crippen LogP contribution in [0.4, 0.5) is 0 Å². The van der Waals surface area contributed by atoms with Crippen molar-refractivity contribution >= 4 is 5.78 Å². The van der Waals surface area contributed by atoms with Crippen molar-refractivity contribution in [2.45, 2.75) is 32.5 Å². The first-order valence-electron chi connectivity index (χ1n) is 6.56. The van der Waals surface area contributed by atoms with E-state index in [2.05, 4.69) is 4.90 Å². The highest BCUT2D eigenvalue weighted by atomic mass is 16.5. The van der Waals surface area contributed by atoms with Gasteiger partial charge in [0.15, 0.2) is 0 Å². The molecule has 1 rings (SSSR count). The molecule has 0 amide bonds. The van der Waals surface area contributed by atoms with E-state index in [1.165, 1.54) is 0 Å². The van der Waals surface area contributed by atoms with Gasteiger partial charge in [0.1, 0.15) is 5.78 Å². The molecule has 0 spiro atoms. The lowest BCUT2D eigenvalue weighted by Gasteiger charge is -2.31. The number of aliphatic hydroxyl groups is 1. The first kappa shape index (κ1) is 15.6. The molecule has 1 saturated heterocycles. The van der Waals surface area contributed by atoms with Crippen LogP contribution in [0.5, 0.6) is 0 Å². The molecule has 0 aromatic heterocycles. The molecule has 1 fully saturated rings. The van der Waals surface area contributed by atoms with Crippen molar-refractivity contribution in [1.82, 2.24) is 4.90 Å². The second kappa shape index (κ2) is 7.84. The first-order valence-corrected chi connectivity index (χ1v) is 6.56. The second-order valence-electron chi connectivity index (χ2n) is 5.13. The van der Waals surface area contributed by atoms with Crippen LogP contribution in [0.1, 0.15) is 20.3 Å². The van der Waals surface area contributed by atoms with E-state index in [1.807, 2.05) is 13.8 Å². The van der Waals surface area contributed by atoms with E-state index in [-0.39, 0.29) is 12.0 Å². The maximum absolute atomic E-state index is 11.4. The van der Waals surface area contributed by atoms with Crippen molar-refractivity contribution in [3.63, 3.8) is 0 Å². The minimum absolute atomic E-state index is 0.00786. The van der Waals surface area contributed by atoms with Gasteiger partial charge in [0.2, 0.25) is 0 Å². The maximum atomic E-state index is 11.4. The number of carbonyl (C=O) groups excluding carboxylic acids is 1. The third kappa shape index (κ3) is 5.44. The third-order valence-corrected chi connectivity index (χ3v) is 3.20. The molecule has 0 saturated carbocycles. The SMILES string of the molecule is COCC(C)OCC(O)CN1CCC(=O)C(C)C1. The predicted octanol–water partition coefficient (Wildman–Crippen LogP) is 0.310. The molecule has 3 unspecified atom stereocenters. The number of Topliss-reactive ketones (excluding diaryl/α,β-unsaturated/α-hetero) is 1. The fourth-order valence-corrected chi connectivity index (χ4v) is 2.17. The van der Waals surface area contributed by atoms with E-state index < -0.39 is 6.10 Å². The van der Waals surface area contributed by atoms with Crippen molar-refractivity contribution in [1.29, 1.82) is 0 Å². The van der Waals surface area contributed by atoms with Gasteiger partial charge in [-0.1, -0.05) is 6.92 Å². The number of β-amino-alcohol motifs (C(OH)–C–C–N with tert-alkyl or cyclic N) is 1. The van der Waals surface area contributed by atoms with Gasteiger partial charge in [-0.3, -0.25) is 9.69 Å². The van der Waals surface area contributed by atoms with Gasteiger partial charge in [0, 0.05) is 39.1 Å². The lowest BCUT2D eigenvalue weighted by atomic mass is 9.98. The second-order valence-corrected chi connectivity index (χ2v) is 5.13. The number of aliphatic hydroxyl groups excluding tert-OH is 1. The molecule has 0 radical (unpaired) electrons. The Morgan fingerprint density at radius 2 is 2.22 bits per heavy atom. The summed E-state index contributed by atoms with van der Waals surface area (Å²) in [5, 5.41) is 9.88. The average molecular weight is 259 g/mol. The summed E-state index contributed by atoms with van der Waals surface area (Å²) in [7, 11) is 1.63. The number of ether oxygens (including phenoxy) is 2. The monoisotopic (exact) mass is 259 g/mol. The number of methoxy groups -OCH3 is 1. The molecule has 0 bridgehead atoms. The van der Waals surface area contributed by atoms with E-state index in [0.29, 0.717) is 32.0 Å². The highest BCUT2D eigenvalue weighted by Crippen LogP contribution is 2.12. The summed E-state index contributed by atoms with van der Waals surface area (Å²) in [6, 6.07) is 0. The predicted molar refractivity (Wildman–Crippen MR) is 68.5 cm³/mol. The van der Waals surface area contributed by atoms with E-state index in [1.54, 1.807) is 7.11 Å². The van der Waals surface area contributed by atoms with Crippen LogP contribution in [0.15, 0.2) is 0 Å². The van der Waals surface area contributed by atoms with E-state index in [9.17, 15) is 9.90 Å². The molecule has 0 aromatic rings. The van der Waals surface area contributed by atoms with Crippen molar-refractivity contribution in [3.8, 4) is 0 Å². The molecule has 1 heterocycles. The minimum atomic E-state index is -0.510. The number of rotatable bonds is 7. The van der Waals surface area contributed by atoms with E-state index in [4.69, 9.17) is 9.47 Å². The van der Waals surface area contributed by atoms with Gasteiger partial charge in [0.05, 0.1) is 25.4 Å². The summed E-state index contributed by atoms with van der Waals surface area (Å²) < 4.78 is 10.4. The van der Waals surface area contributed by atoms with Gasteiger partial charge in [-0.15, -0.1) is 0 Å². The highest BCUT2D eigenvalue weighted by molar-refractivity contribution is 5.81. The fourth-order valence-electron chi connectivity index (χ4n) is 2.17. The molecule has 106 valence electrons. The summed E-state index contributed by atoms with van der Waals surface area (Å²) in [4.78, 5) is 13.5. The number of ketones is 1. The van der Waals surface area contributed by atoms with Crippen molar-refractivity contribution in [3.05, 3.63) is 0 Å². The Kier molecular flexibility index (Phi) is 6.78. The van der Waals surface area contributed by atoms with Gasteiger partial charge >= 0.3 is 0 Å². The van der Waals surface area contributed by atoms with Crippen LogP contribution in [-0.4, -0.2) is 68.0 Å². The Hall–Kier alpha value is -0.490. The quantitative estimate of drug-likeness (QED) is 0.713. The summed E-state index contributed by atoms with van der Waals surface area (Å²) in [5.41, 5.74) is 0. The van der Waals surface area contributed by atoms with Crippen LogP contribution in [-0.2, 0) is 14.3 Å². The lowest BCUT2D eigenvalue weighted by molar-refractivity contribution is -0.126. The Labute approximate surface area is 109 Å². The normalized spacial score (nSPS) is 25.1. The number of nitrogens with zero attached hydrogens (tertiary/aromatic N) is 1. The molecule has 1 aliphatic heterocycles. The molecular weight excluding hydrogens is 234 g/mol. The first-order chi connectivity index (χ1) is 8.52. The van der Waals surface area contributed by atoms with Crippen LogP contribution in [0.2, 0.25) is 0 Å². The Morgan fingerprint density at radius 3 is 2.83 bits per heavy atom. The zero-order valence-electron chi connectivity index (χ0n) is 11.6. The summed E-state index contributed by atoms with van der Waals surface area (Å²) in [6.45, 7) is 6.75. The van der Waals surface area contributed by atoms with Crippen molar-refractivity contribution < 1.29 is 19.4 Å². The topological polar surface area (TPSA) is 59.0 Å². The van der Waals surface area contributed by atoms with Crippen LogP contribution >= 0.6 is 0 Å². The van der Waals surface area contributed by atoms with Gasteiger partial charge in [-0.2, -0.15) is 0 Å². The Balaban J connectivity index is 2.19. The smallest absolute Gasteiger partial charge is 0.138 e. The highest BCUT2D eigenvalue weighted by Gasteiger charge is 2.24. The summed E-state index contributed by atoms with van der Waals surface area (Å²) >= 11 is 0. The van der Waals surface area contributed by atoms with E-state index >= 15 is 0 Å². The van der Waals surface area contributed by atoms with Crippen LogP contribution < -0.4 is 0 Å². The minimum Gasteiger partial charge on any atom is -0.389 e. The molecular formula is C13H25NO4. The Bertz CT molecular complexity index is 259. The number of piperidine rings is 1. The summed E-state index contributed by atoms with van der Waals surface area (Å²) in [5.74, 6) is 0.407. The molecule has 0 aromatic carbocycles. The van der Waals surface area contributed by atoms with Gasteiger partial charge < -0.3 is 14.6 Å².